The molecule has 1 amide bonds. The number of benzene rings is 1. The van der Waals surface area contributed by atoms with Crippen LogP contribution in [0, 0.1) is 5.41 Å². The Morgan fingerprint density at radius 2 is 2.09 bits per heavy atom. The second kappa shape index (κ2) is 7.06. The van der Waals surface area contributed by atoms with E-state index in [0.29, 0.717) is 23.6 Å². The Balaban J connectivity index is 0.00000176. The number of rotatable bonds is 3. The van der Waals surface area contributed by atoms with Crippen molar-refractivity contribution in [1.29, 1.82) is 0 Å². The van der Waals surface area contributed by atoms with Crippen molar-refractivity contribution in [1.82, 2.24) is 10.6 Å². The predicted molar refractivity (Wildman–Crippen MR) is 90.1 cm³/mol. The summed E-state index contributed by atoms with van der Waals surface area (Å²) in [6.07, 6.45) is 2.16. The van der Waals surface area contributed by atoms with Crippen LogP contribution in [0.4, 0.5) is 0 Å². The molecule has 0 atom stereocenters. The number of amides is 1. The van der Waals surface area contributed by atoms with Gasteiger partial charge in [-0.25, -0.2) is 0 Å². The standard InChI is InChI=1S/C15H19BrN2O3.ClH/c1-15(2-4-17-5-3-15)8-18-14(19)10-6-11(16)13-12(7-10)20-9-21-13;/h6-7,17H,2-5,8-9H2,1H3,(H,18,19);1H. The van der Waals surface area contributed by atoms with E-state index in [2.05, 4.69) is 33.5 Å². The molecule has 1 aromatic carbocycles. The minimum Gasteiger partial charge on any atom is -0.454 e. The smallest absolute Gasteiger partial charge is 0.251 e. The van der Waals surface area contributed by atoms with Crippen LogP contribution in [0.5, 0.6) is 11.5 Å². The van der Waals surface area contributed by atoms with Gasteiger partial charge < -0.3 is 20.1 Å². The summed E-state index contributed by atoms with van der Waals surface area (Å²) in [4.78, 5) is 12.3. The number of nitrogens with one attached hydrogen (secondary N) is 2. The molecule has 122 valence electrons. The van der Waals surface area contributed by atoms with Gasteiger partial charge in [-0.2, -0.15) is 0 Å². The lowest BCUT2D eigenvalue weighted by Gasteiger charge is -2.34. The molecule has 0 aromatic heterocycles. The molecule has 0 saturated carbocycles. The van der Waals surface area contributed by atoms with Gasteiger partial charge in [0.15, 0.2) is 11.5 Å². The first kappa shape index (κ1) is 17.4. The Morgan fingerprint density at radius 3 is 2.82 bits per heavy atom. The third kappa shape index (κ3) is 3.67. The van der Waals surface area contributed by atoms with Crippen molar-refractivity contribution < 1.29 is 14.3 Å². The monoisotopic (exact) mass is 390 g/mol. The maximum Gasteiger partial charge on any atom is 0.251 e. The third-order valence-corrected chi connectivity index (χ3v) is 4.76. The molecule has 1 aromatic rings. The molecule has 2 heterocycles. The molecule has 5 nitrogen and oxygen atoms in total. The van der Waals surface area contributed by atoms with Gasteiger partial charge in [0.05, 0.1) is 4.47 Å². The third-order valence-electron chi connectivity index (χ3n) is 4.18. The van der Waals surface area contributed by atoms with E-state index in [1.807, 2.05) is 0 Å². The molecular formula is C15H20BrClN2O3. The van der Waals surface area contributed by atoms with Crippen LogP contribution in [0.1, 0.15) is 30.1 Å². The quantitative estimate of drug-likeness (QED) is 0.832. The first-order valence-electron chi connectivity index (χ1n) is 7.15. The van der Waals surface area contributed by atoms with E-state index in [9.17, 15) is 4.79 Å². The Kier molecular flexibility index (Phi) is 5.58. The topological polar surface area (TPSA) is 59.6 Å². The summed E-state index contributed by atoms with van der Waals surface area (Å²) in [5.74, 6) is 1.20. The van der Waals surface area contributed by atoms with Crippen molar-refractivity contribution in [3.05, 3.63) is 22.2 Å². The highest BCUT2D eigenvalue weighted by Gasteiger charge is 2.27. The fourth-order valence-electron chi connectivity index (χ4n) is 2.70. The number of hydrogen-bond donors (Lipinski definition) is 2. The first-order valence-corrected chi connectivity index (χ1v) is 7.95. The molecule has 0 radical (unpaired) electrons. The average Bonchev–Trinajstić information content (AvgIpc) is 2.94. The van der Waals surface area contributed by atoms with Gasteiger partial charge >= 0.3 is 0 Å². The Morgan fingerprint density at radius 1 is 1.36 bits per heavy atom. The summed E-state index contributed by atoms with van der Waals surface area (Å²) in [5.41, 5.74) is 0.762. The summed E-state index contributed by atoms with van der Waals surface area (Å²) in [6, 6.07) is 3.50. The van der Waals surface area contributed by atoms with Crippen LogP contribution in [0.25, 0.3) is 0 Å². The van der Waals surface area contributed by atoms with E-state index in [0.717, 1.165) is 30.4 Å². The highest BCUT2D eigenvalue weighted by atomic mass is 79.9. The van der Waals surface area contributed by atoms with E-state index in [-0.39, 0.29) is 30.5 Å². The fourth-order valence-corrected chi connectivity index (χ4v) is 3.26. The lowest BCUT2D eigenvalue weighted by atomic mass is 9.81. The number of fused-ring (bicyclic) bond motifs is 1. The zero-order valence-electron chi connectivity index (χ0n) is 12.4. The van der Waals surface area contributed by atoms with Crippen LogP contribution in [-0.2, 0) is 0 Å². The molecule has 1 fully saturated rings. The van der Waals surface area contributed by atoms with Crippen molar-refractivity contribution in [2.24, 2.45) is 5.41 Å². The Hall–Kier alpha value is -0.980. The second-order valence-electron chi connectivity index (χ2n) is 5.94. The van der Waals surface area contributed by atoms with E-state index in [1.165, 1.54) is 0 Å². The van der Waals surface area contributed by atoms with Crippen LogP contribution in [0.2, 0.25) is 0 Å². The average molecular weight is 392 g/mol. The molecule has 0 unspecified atom stereocenters. The number of hydrogen-bond acceptors (Lipinski definition) is 4. The molecule has 3 rings (SSSR count). The lowest BCUT2D eigenvalue weighted by Crippen LogP contribution is -2.42. The van der Waals surface area contributed by atoms with Crippen LogP contribution in [0.3, 0.4) is 0 Å². The summed E-state index contributed by atoms with van der Waals surface area (Å²) in [5, 5.41) is 6.39. The number of ether oxygens (including phenoxy) is 2. The van der Waals surface area contributed by atoms with Gasteiger partial charge in [-0.3, -0.25) is 4.79 Å². The van der Waals surface area contributed by atoms with Gasteiger partial charge in [-0.05, 0) is 59.4 Å². The lowest BCUT2D eigenvalue weighted by molar-refractivity contribution is 0.0922. The number of carbonyl (C=O) groups is 1. The van der Waals surface area contributed by atoms with Crippen LogP contribution in [-0.4, -0.2) is 32.3 Å². The minimum atomic E-state index is -0.0752. The number of carbonyl (C=O) groups excluding carboxylic acids is 1. The number of halogens is 2. The highest BCUT2D eigenvalue weighted by Crippen LogP contribution is 2.40. The normalized spacial score (nSPS) is 18.5. The summed E-state index contributed by atoms with van der Waals surface area (Å²) >= 11 is 3.41. The second-order valence-corrected chi connectivity index (χ2v) is 6.79. The molecule has 1 saturated heterocycles. The van der Waals surface area contributed by atoms with Crippen molar-refractivity contribution >= 4 is 34.2 Å². The van der Waals surface area contributed by atoms with Gasteiger partial charge in [-0.15, -0.1) is 12.4 Å². The van der Waals surface area contributed by atoms with Gasteiger partial charge in [0.25, 0.3) is 5.91 Å². The Labute approximate surface area is 144 Å². The Bertz CT molecular complexity index is 562. The SMILES string of the molecule is CC1(CNC(=O)c2cc(Br)c3c(c2)OCO3)CCNCC1.Cl. The molecule has 2 aliphatic heterocycles. The molecule has 0 spiro atoms. The maximum absolute atomic E-state index is 12.3. The summed E-state index contributed by atoms with van der Waals surface area (Å²) in [6.45, 7) is 5.15. The minimum absolute atomic E-state index is 0. The van der Waals surface area contributed by atoms with E-state index < -0.39 is 0 Å². The molecule has 2 N–H and O–H groups in total. The van der Waals surface area contributed by atoms with E-state index in [1.54, 1.807) is 12.1 Å². The van der Waals surface area contributed by atoms with Crippen molar-refractivity contribution in [2.45, 2.75) is 19.8 Å². The van der Waals surface area contributed by atoms with Crippen molar-refractivity contribution in [2.75, 3.05) is 26.4 Å². The zero-order chi connectivity index (χ0) is 14.9. The first-order chi connectivity index (χ1) is 10.1. The predicted octanol–water partition coefficient (Wildman–Crippen LogP) is 2.72. The maximum atomic E-state index is 12.3. The van der Waals surface area contributed by atoms with Gasteiger partial charge in [0, 0.05) is 12.1 Å². The largest absolute Gasteiger partial charge is 0.454 e. The molecule has 2 aliphatic rings. The van der Waals surface area contributed by atoms with E-state index in [4.69, 9.17) is 9.47 Å². The van der Waals surface area contributed by atoms with Crippen molar-refractivity contribution in [3.63, 3.8) is 0 Å². The van der Waals surface area contributed by atoms with Gasteiger partial charge in [0.2, 0.25) is 6.79 Å². The molecule has 0 aliphatic carbocycles. The van der Waals surface area contributed by atoms with Gasteiger partial charge in [-0.1, -0.05) is 6.92 Å². The summed E-state index contributed by atoms with van der Waals surface area (Å²) in [7, 11) is 0. The molecule has 0 bridgehead atoms. The molecule has 22 heavy (non-hydrogen) atoms. The fraction of sp³-hybridized carbons (Fsp3) is 0.533. The van der Waals surface area contributed by atoms with Crippen LogP contribution in [0.15, 0.2) is 16.6 Å². The van der Waals surface area contributed by atoms with Crippen LogP contribution >= 0.6 is 28.3 Å². The molecular weight excluding hydrogens is 372 g/mol. The molecule has 7 heteroatoms. The van der Waals surface area contributed by atoms with Crippen LogP contribution < -0.4 is 20.1 Å². The summed E-state index contributed by atoms with van der Waals surface area (Å²) < 4.78 is 11.4. The van der Waals surface area contributed by atoms with Gasteiger partial charge in [0.1, 0.15) is 0 Å². The number of piperidine rings is 1. The zero-order valence-corrected chi connectivity index (χ0v) is 14.8. The van der Waals surface area contributed by atoms with Crippen molar-refractivity contribution in [3.8, 4) is 11.5 Å². The highest BCUT2D eigenvalue weighted by molar-refractivity contribution is 9.10. The van der Waals surface area contributed by atoms with E-state index >= 15 is 0 Å².